The third-order valence-electron chi connectivity index (χ3n) is 1.69. The number of hydrogen-bond donors (Lipinski definition) is 2. The van der Waals surface area contributed by atoms with Crippen LogP contribution in [0, 0.1) is 0 Å². The minimum atomic E-state index is -0.506. The number of carbonyl (C=O) groups excluding carboxylic acids is 1. The summed E-state index contributed by atoms with van der Waals surface area (Å²) in [5.74, 6) is -0.464. The first kappa shape index (κ1) is 8.83. The van der Waals surface area contributed by atoms with Crippen LogP contribution in [-0.4, -0.2) is 24.5 Å². The van der Waals surface area contributed by atoms with E-state index < -0.39 is 11.9 Å². The second-order valence-corrected chi connectivity index (χ2v) is 2.81. The predicted octanol–water partition coefficient (Wildman–Crippen LogP) is -0.0974. The molecule has 0 bridgehead atoms. The van der Waals surface area contributed by atoms with E-state index in [4.69, 9.17) is 11.3 Å². The Morgan fingerprint density at radius 1 is 1.83 bits per heavy atom. The summed E-state index contributed by atoms with van der Waals surface area (Å²) < 4.78 is 0. The number of amides is 1. The van der Waals surface area contributed by atoms with Crippen molar-refractivity contribution in [2.75, 3.05) is 6.54 Å². The van der Waals surface area contributed by atoms with Crippen LogP contribution in [0.1, 0.15) is 12.8 Å². The molecule has 6 nitrogen and oxygen atoms in total. The maximum Gasteiger partial charge on any atom is 0.234 e. The van der Waals surface area contributed by atoms with Gasteiger partial charge in [-0.3, -0.25) is 4.79 Å². The smallest absolute Gasteiger partial charge is 0.234 e. The fraction of sp³-hybridized carbons (Fsp3) is 0.833. The summed E-state index contributed by atoms with van der Waals surface area (Å²) in [7, 11) is 0. The number of carbonyl (C=O) groups is 1. The lowest BCUT2D eigenvalue weighted by molar-refractivity contribution is -0.119. The molecule has 3 N–H and O–H groups in total. The average Bonchev–Trinajstić information content (AvgIpc) is 2.80. The third kappa shape index (κ3) is 2.77. The van der Waals surface area contributed by atoms with E-state index in [0.717, 1.165) is 12.8 Å². The van der Waals surface area contributed by atoms with Gasteiger partial charge in [-0.1, -0.05) is 5.11 Å². The highest BCUT2D eigenvalue weighted by Gasteiger charge is 2.26. The summed E-state index contributed by atoms with van der Waals surface area (Å²) in [4.78, 5) is 13.3. The van der Waals surface area contributed by atoms with E-state index in [1.165, 1.54) is 0 Å². The average molecular weight is 169 g/mol. The largest absolute Gasteiger partial charge is 0.368 e. The molecule has 12 heavy (non-hydrogen) atoms. The van der Waals surface area contributed by atoms with Gasteiger partial charge in [0.25, 0.3) is 0 Å². The van der Waals surface area contributed by atoms with Gasteiger partial charge in [-0.15, -0.1) is 0 Å². The third-order valence-corrected chi connectivity index (χ3v) is 1.69. The number of azide groups is 1. The van der Waals surface area contributed by atoms with E-state index in [-0.39, 0.29) is 6.54 Å². The maximum atomic E-state index is 10.7. The van der Waals surface area contributed by atoms with Crippen LogP contribution in [0.3, 0.4) is 0 Å². The molecule has 0 saturated heterocycles. The number of nitrogens with one attached hydrogen (secondary N) is 1. The van der Waals surface area contributed by atoms with Gasteiger partial charge in [-0.05, 0) is 18.4 Å². The van der Waals surface area contributed by atoms with Crippen LogP contribution in [0.2, 0.25) is 0 Å². The van der Waals surface area contributed by atoms with Gasteiger partial charge in [-0.25, -0.2) is 0 Å². The van der Waals surface area contributed by atoms with Crippen LogP contribution in [0.4, 0.5) is 0 Å². The monoisotopic (exact) mass is 169 g/mol. The lowest BCUT2D eigenvalue weighted by atomic mass is 10.3. The number of nitrogens with zero attached hydrogens (tertiary/aromatic N) is 3. The van der Waals surface area contributed by atoms with Crippen molar-refractivity contribution in [3.63, 3.8) is 0 Å². The van der Waals surface area contributed by atoms with Gasteiger partial charge >= 0.3 is 0 Å². The minimum Gasteiger partial charge on any atom is -0.368 e. The van der Waals surface area contributed by atoms with Crippen LogP contribution in [-0.2, 0) is 4.79 Å². The molecule has 1 saturated carbocycles. The molecule has 1 fully saturated rings. The highest BCUT2D eigenvalue weighted by molar-refractivity contribution is 5.80. The zero-order valence-electron chi connectivity index (χ0n) is 6.60. The molecule has 1 aliphatic rings. The van der Waals surface area contributed by atoms with Crippen LogP contribution < -0.4 is 11.1 Å². The van der Waals surface area contributed by atoms with Gasteiger partial charge in [0.15, 0.2) is 0 Å². The topological polar surface area (TPSA) is 104 Å². The van der Waals surface area contributed by atoms with E-state index >= 15 is 0 Å². The first-order valence-electron chi connectivity index (χ1n) is 3.80. The Kier molecular flexibility index (Phi) is 2.90. The molecule has 66 valence electrons. The van der Waals surface area contributed by atoms with Gasteiger partial charge in [0.05, 0.1) is 12.6 Å². The van der Waals surface area contributed by atoms with Crippen LogP contribution >= 0.6 is 0 Å². The summed E-state index contributed by atoms with van der Waals surface area (Å²) in [5.41, 5.74) is 13.1. The fourth-order valence-electron chi connectivity index (χ4n) is 0.877. The molecule has 0 aromatic carbocycles. The number of rotatable bonds is 5. The zero-order valence-corrected chi connectivity index (χ0v) is 6.60. The molecule has 1 atom stereocenters. The first-order chi connectivity index (χ1) is 5.74. The Morgan fingerprint density at radius 2 is 2.50 bits per heavy atom. The van der Waals surface area contributed by atoms with Crippen LogP contribution in [0.5, 0.6) is 0 Å². The van der Waals surface area contributed by atoms with Crippen molar-refractivity contribution in [2.45, 2.75) is 24.9 Å². The minimum absolute atomic E-state index is 0.0995. The Bertz CT molecular complexity index is 218. The molecule has 1 amide bonds. The molecule has 0 aliphatic heterocycles. The Labute approximate surface area is 69.7 Å². The van der Waals surface area contributed by atoms with Crippen molar-refractivity contribution >= 4 is 5.91 Å². The summed E-state index contributed by atoms with van der Waals surface area (Å²) >= 11 is 0. The Morgan fingerprint density at radius 3 is 2.92 bits per heavy atom. The molecule has 1 aliphatic carbocycles. The summed E-state index contributed by atoms with van der Waals surface area (Å²) in [5, 5.41) is 6.28. The Hall–Kier alpha value is -1.26. The standard InChI is InChI=1S/C6H11N5O/c7-6(12)5(3-9-11-8)10-4-1-2-4/h4-5,10H,1-3H2,(H2,7,12). The van der Waals surface area contributed by atoms with E-state index in [0.29, 0.717) is 6.04 Å². The molecular weight excluding hydrogens is 158 g/mol. The molecule has 0 heterocycles. The molecule has 0 aromatic rings. The summed E-state index contributed by atoms with van der Waals surface area (Å²) in [6.45, 7) is 0.0995. The van der Waals surface area contributed by atoms with Crippen molar-refractivity contribution in [1.29, 1.82) is 0 Å². The molecule has 1 rings (SSSR count). The van der Waals surface area contributed by atoms with Crippen molar-refractivity contribution in [2.24, 2.45) is 10.8 Å². The predicted molar refractivity (Wildman–Crippen MR) is 43.2 cm³/mol. The maximum absolute atomic E-state index is 10.7. The van der Waals surface area contributed by atoms with Gasteiger partial charge in [0.2, 0.25) is 5.91 Å². The van der Waals surface area contributed by atoms with Gasteiger partial charge < -0.3 is 11.1 Å². The number of primary amides is 1. The second-order valence-electron chi connectivity index (χ2n) is 2.81. The molecule has 6 heteroatoms. The summed E-state index contributed by atoms with van der Waals surface area (Å²) in [6.07, 6.45) is 2.14. The van der Waals surface area contributed by atoms with Crippen molar-refractivity contribution in [3.8, 4) is 0 Å². The molecule has 0 radical (unpaired) electrons. The second kappa shape index (κ2) is 3.94. The molecular formula is C6H11N5O. The lowest BCUT2D eigenvalue weighted by Gasteiger charge is -2.10. The Balaban J connectivity index is 2.35. The fourth-order valence-corrected chi connectivity index (χ4v) is 0.877. The highest BCUT2D eigenvalue weighted by atomic mass is 16.1. The number of nitrogens with two attached hydrogens (primary N) is 1. The molecule has 1 unspecified atom stereocenters. The van der Waals surface area contributed by atoms with Gasteiger partial charge in [0, 0.05) is 11.0 Å². The quantitative estimate of drug-likeness (QED) is 0.341. The molecule has 0 spiro atoms. The zero-order chi connectivity index (χ0) is 8.97. The lowest BCUT2D eigenvalue weighted by Crippen LogP contribution is -2.44. The van der Waals surface area contributed by atoms with E-state index in [1.54, 1.807) is 0 Å². The summed E-state index contributed by atoms with van der Waals surface area (Å²) in [6, 6.07) is -0.121. The van der Waals surface area contributed by atoms with Gasteiger partial charge in [0.1, 0.15) is 0 Å². The SMILES string of the molecule is [N-]=[N+]=NCC(NC1CC1)C(N)=O. The van der Waals surface area contributed by atoms with Crippen molar-refractivity contribution in [1.82, 2.24) is 5.32 Å². The highest BCUT2D eigenvalue weighted by Crippen LogP contribution is 2.19. The first-order valence-corrected chi connectivity index (χ1v) is 3.80. The van der Waals surface area contributed by atoms with E-state index in [9.17, 15) is 4.79 Å². The normalized spacial score (nSPS) is 18.0. The van der Waals surface area contributed by atoms with E-state index in [2.05, 4.69) is 15.3 Å². The molecule has 0 aromatic heterocycles. The van der Waals surface area contributed by atoms with Crippen molar-refractivity contribution in [3.05, 3.63) is 10.4 Å². The van der Waals surface area contributed by atoms with Crippen LogP contribution in [0.15, 0.2) is 5.11 Å². The van der Waals surface area contributed by atoms with Crippen LogP contribution in [0.25, 0.3) is 10.4 Å². The van der Waals surface area contributed by atoms with Gasteiger partial charge in [-0.2, -0.15) is 0 Å². The van der Waals surface area contributed by atoms with Crippen molar-refractivity contribution < 1.29 is 4.79 Å². The van der Waals surface area contributed by atoms with E-state index in [1.807, 2.05) is 0 Å². The number of hydrogen-bond acceptors (Lipinski definition) is 3.